The van der Waals surface area contributed by atoms with E-state index in [1.807, 2.05) is 41.3 Å². The number of nitrogens with one attached hydrogen (secondary N) is 1. The number of carbonyl (C=O) groups excluding carboxylic acids is 2. The smallest absolute Gasteiger partial charge is 0.225 e. The molecule has 3 rings (SSSR count). The van der Waals surface area contributed by atoms with E-state index in [0.717, 1.165) is 43.4 Å². The van der Waals surface area contributed by atoms with Crippen LogP contribution in [-0.4, -0.2) is 35.8 Å². The Balaban J connectivity index is 1.67. The predicted octanol–water partition coefficient (Wildman–Crippen LogP) is 4.75. The van der Waals surface area contributed by atoms with Gasteiger partial charge in [-0.15, -0.1) is 0 Å². The number of hydrogen-bond donors (Lipinski definition) is 1. The molecule has 1 aliphatic rings. The molecule has 4 nitrogen and oxygen atoms in total. The Kier molecular flexibility index (Phi) is 8.06. The number of hydrogen-bond acceptors (Lipinski definition) is 2. The zero-order chi connectivity index (χ0) is 21.3. The molecule has 1 fully saturated rings. The lowest BCUT2D eigenvalue weighted by Crippen LogP contribution is -2.47. The molecule has 0 spiro atoms. The highest BCUT2D eigenvalue weighted by atomic mass is 16.2. The molecule has 0 saturated carbocycles. The summed E-state index contributed by atoms with van der Waals surface area (Å²) < 4.78 is 0. The lowest BCUT2D eigenvalue weighted by atomic mass is 9.87. The minimum atomic E-state index is -0.103. The fourth-order valence-corrected chi connectivity index (χ4v) is 4.39. The second kappa shape index (κ2) is 11.0. The highest BCUT2D eigenvalue weighted by Gasteiger charge is 2.30. The van der Waals surface area contributed by atoms with E-state index in [2.05, 4.69) is 43.4 Å². The van der Waals surface area contributed by atoms with Crippen LogP contribution in [0.15, 0.2) is 60.7 Å². The zero-order valence-corrected chi connectivity index (χ0v) is 18.2. The summed E-state index contributed by atoms with van der Waals surface area (Å²) in [5.41, 5.74) is 2.30. The highest BCUT2D eigenvalue weighted by Crippen LogP contribution is 2.29. The predicted molar refractivity (Wildman–Crippen MR) is 121 cm³/mol. The fourth-order valence-electron chi connectivity index (χ4n) is 4.39. The van der Waals surface area contributed by atoms with E-state index in [1.54, 1.807) is 0 Å². The van der Waals surface area contributed by atoms with Gasteiger partial charge in [0.2, 0.25) is 11.8 Å². The van der Waals surface area contributed by atoms with Crippen LogP contribution in [0.5, 0.6) is 0 Å². The van der Waals surface area contributed by atoms with Gasteiger partial charge in [0.25, 0.3) is 0 Å². The molecule has 1 N–H and O–H groups in total. The summed E-state index contributed by atoms with van der Waals surface area (Å²) in [5, 5.41) is 3.13. The molecule has 1 heterocycles. The van der Waals surface area contributed by atoms with Gasteiger partial charge in [-0.25, -0.2) is 0 Å². The van der Waals surface area contributed by atoms with Crippen molar-refractivity contribution in [1.82, 2.24) is 10.2 Å². The Hall–Kier alpha value is -2.62. The Labute approximate surface area is 180 Å². The van der Waals surface area contributed by atoms with Gasteiger partial charge >= 0.3 is 0 Å². The second-order valence-electron chi connectivity index (χ2n) is 8.46. The van der Waals surface area contributed by atoms with Crippen molar-refractivity contribution in [3.05, 3.63) is 71.8 Å². The van der Waals surface area contributed by atoms with Crippen molar-refractivity contribution < 1.29 is 9.59 Å². The van der Waals surface area contributed by atoms with Crippen molar-refractivity contribution in [2.75, 3.05) is 13.1 Å². The van der Waals surface area contributed by atoms with Gasteiger partial charge in [0.1, 0.15) is 0 Å². The van der Waals surface area contributed by atoms with Gasteiger partial charge in [-0.1, -0.05) is 74.0 Å². The number of amides is 2. The molecule has 2 amide bonds. The van der Waals surface area contributed by atoms with E-state index in [1.165, 1.54) is 0 Å². The van der Waals surface area contributed by atoms with Crippen molar-refractivity contribution in [2.45, 2.75) is 57.9 Å². The molecular weight excluding hydrogens is 372 g/mol. The van der Waals surface area contributed by atoms with Gasteiger partial charge in [0.05, 0.1) is 5.92 Å². The molecule has 2 aromatic carbocycles. The van der Waals surface area contributed by atoms with Crippen molar-refractivity contribution in [1.29, 1.82) is 0 Å². The molecule has 0 radical (unpaired) electrons. The number of piperidine rings is 1. The molecule has 2 unspecified atom stereocenters. The maximum atomic E-state index is 13.2. The van der Waals surface area contributed by atoms with Crippen LogP contribution in [0.3, 0.4) is 0 Å². The third kappa shape index (κ3) is 5.94. The van der Waals surface area contributed by atoms with Gasteiger partial charge in [0.15, 0.2) is 0 Å². The number of likely N-dealkylation sites (tertiary alicyclic amines) is 1. The molecule has 2 aromatic rings. The molecule has 160 valence electrons. The van der Waals surface area contributed by atoms with E-state index in [-0.39, 0.29) is 29.7 Å². The highest BCUT2D eigenvalue weighted by molar-refractivity contribution is 5.82. The normalized spacial score (nSPS) is 17.6. The first-order chi connectivity index (χ1) is 14.6. The van der Waals surface area contributed by atoms with E-state index in [0.29, 0.717) is 13.0 Å². The zero-order valence-electron chi connectivity index (χ0n) is 18.2. The summed E-state index contributed by atoms with van der Waals surface area (Å²) >= 11 is 0. The molecular formula is C26H34N2O2. The largest absolute Gasteiger partial charge is 0.353 e. The van der Waals surface area contributed by atoms with Gasteiger partial charge < -0.3 is 10.2 Å². The first kappa shape index (κ1) is 22.1. The maximum Gasteiger partial charge on any atom is 0.225 e. The van der Waals surface area contributed by atoms with Crippen LogP contribution in [-0.2, 0) is 9.59 Å². The summed E-state index contributed by atoms with van der Waals surface area (Å²) in [6.45, 7) is 5.44. The Morgan fingerprint density at radius 3 is 2.20 bits per heavy atom. The van der Waals surface area contributed by atoms with E-state index in [4.69, 9.17) is 0 Å². The third-order valence-electron chi connectivity index (χ3n) is 6.04. The lowest BCUT2D eigenvalue weighted by Gasteiger charge is -2.33. The Morgan fingerprint density at radius 2 is 1.63 bits per heavy atom. The van der Waals surface area contributed by atoms with Crippen molar-refractivity contribution in [3.8, 4) is 0 Å². The van der Waals surface area contributed by atoms with Gasteiger partial charge in [-0.3, -0.25) is 9.59 Å². The third-order valence-corrected chi connectivity index (χ3v) is 6.04. The maximum absolute atomic E-state index is 13.2. The van der Waals surface area contributed by atoms with E-state index >= 15 is 0 Å². The average molecular weight is 407 g/mol. The molecule has 0 bridgehead atoms. The SMILES string of the molecule is CCCC(C)NC(=O)C1CCCN(C(=O)CC(c2ccccc2)c2ccccc2)C1. The number of carbonyl (C=O) groups is 2. The first-order valence-corrected chi connectivity index (χ1v) is 11.3. The Morgan fingerprint density at radius 1 is 1.03 bits per heavy atom. The minimum absolute atomic E-state index is 0.0266. The number of nitrogens with zero attached hydrogens (tertiary/aromatic N) is 1. The van der Waals surface area contributed by atoms with Crippen molar-refractivity contribution >= 4 is 11.8 Å². The molecule has 30 heavy (non-hydrogen) atoms. The summed E-state index contributed by atoms with van der Waals surface area (Å²) in [6.07, 6.45) is 4.20. The van der Waals surface area contributed by atoms with Crippen LogP contribution < -0.4 is 5.32 Å². The minimum Gasteiger partial charge on any atom is -0.353 e. The quantitative estimate of drug-likeness (QED) is 0.688. The summed E-state index contributed by atoms with van der Waals surface area (Å²) in [5.74, 6) is 0.149. The van der Waals surface area contributed by atoms with Crippen LogP contribution in [0.2, 0.25) is 0 Å². The average Bonchev–Trinajstić information content (AvgIpc) is 2.78. The molecule has 4 heteroatoms. The molecule has 1 saturated heterocycles. The monoisotopic (exact) mass is 406 g/mol. The van der Waals surface area contributed by atoms with Crippen LogP contribution >= 0.6 is 0 Å². The lowest BCUT2D eigenvalue weighted by molar-refractivity contribution is -0.136. The van der Waals surface area contributed by atoms with Crippen molar-refractivity contribution in [3.63, 3.8) is 0 Å². The fraction of sp³-hybridized carbons (Fsp3) is 0.462. The van der Waals surface area contributed by atoms with Crippen LogP contribution in [0, 0.1) is 5.92 Å². The topological polar surface area (TPSA) is 49.4 Å². The summed E-state index contributed by atoms with van der Waals surface area (Å²) in [6, 6.07) is 20.6. The number of benzene rings is 2. The standard InChI is InChI=1S/C26H34N2O2/c1-3-11-20(2)27-26(30)23-16-10-17-28(19-23)25(29)18-24(21-12-6-4-7-13-21)22-14-8-5-9-15-22/h4-9,12-15,20,23-24H,3,10-11,16-19H2,1-2H3,(H,27,30). The molecule has 1 aliphatic heterocycles. The van der Waals surface area contributed by atoms with Crippen molar-refractivity contribution in [2.24, 2.45) is 5.92 Å². The summed E-state index contributed by atoms with van der Waals surface area (Å²) in [4.78, 5) is 27.8. The van der Waals surface area contributed by atoms with E-state index < -0.39 is 0 Å². The second-order valence-corrected chi connectivity index (χ2v) is 8.46. The Bertz CT molecular complexity index is 767. The first-order valence-electron chi connectivity index (χ1n) is 11.3. The van der Waals surface area contributed by atoms with Crippen LogP contribution in [0.1, 0.15) is 63.0 Å². The van der Waals surface area contributed by atoms with Crippen LogP contribution in [0.25, 0.3) is 0 Å². The van der Waals surface area contributed by atoms with E-state index in [9.17, 15) is 9.59 Å². The molecule has 2 atom stereocenters. The molecule has 0 aliphatic carbocycles. The summed E-state index contributed by atoms with van der Waals surface area (Å²) in [7, 11) is 0. The van der Waals surface area contributed by atoms with Gasteiger partial charge in [-0.05, 0) is 37.3 Å². The number of rotatable bonds is 8. The molecule has 0 aromatic heterocycles. The van der Waals surface area contributed by atoms with Gasteiger partial charge in [0, 0.05) is 31.5 Å². The van der Waals surface area contributed by atoms with Crippen LogP contribution in [0.4, 0.5) is 0 Å². The van der Waals surface area contributed by atoms with Gasteiger partial charge in [-0.2, -0.15) is 0 Å².